The van der Waals surface area contributed by atoms with Crippen molar-refractivity contribution in [2.75, 3.05) is 13.2 Å². The third-order valence-corrected chi connectivity index (χ3v) is 4.65. The van der Waals surface area contributed by atoms with Crippen LogP contribution < -0.4 is 0 Å². The summed E-state index contributed by atoms with van der Waals surface area (Å²) >= 11 is 6.51. The van der Waals surface area contributed by atoms with Crippen molar-refractivity contribution in [1.29, 1.82) is 0 Å². The SMILES string of the molecule is CC(C)(C)c1ccc(C(Cl)CCCOC2CCCCO2)cc1. The molecule has 3 heteroatoms. The summed E-state index contributed by atoms with van der Waals surface area (Å²) in [6, 6.07) is 8.70. The summed E-state index contributed by atoms with van der Waals surface area (Å²) in [5.41, 5.74) is 2.73. The molecular formula is C19H29ClO2. The molecule has 1 fully saturated rings. The van der Waals surface area contributed by atoms with Crippen LogP contribution in [-0.4, -0.2) is 19.5 Å². The summed E-state index contributed by atoms with van der Waals surface area (Å²) in [6.45, 7) is 8.25. The van der Waals surface area contributed by atoms with Crippen molar-refractivity contribution in [3.8, 4) is 0 Å². The Morgan fingerprint density at radius 3 is 2.55 bits per heavy atom. The van der Waals surface area contributed by atoms with E-state index in [0.29, 0.717) is 0 Å². The highest BCUT2D eigenvalue weighted by atomic mass is 35.5. The van der Waals surface area contributed by atoms with Gasteiger partial charge in [-0.2, -0.15) is 0 Å². The van der Waals surface area contributed by atoms with E-state index >= 15 is 0 Å². The van der Waals surface area contributed by atoms with Gasteiger partial charge in [0.05, 0.1) is 5.38 Å². The molecule has 2 unspecified atom stereocenters. The van der Waals surface area contributed by atoms with Crippen molar-refractivity contribution in [1.82, 2.24) is 0 Å². The first-order valence-electron chi connectivity index (χ1n) is 8.44. The average molecular weight is 325 g/mol. The Bertz CT molecular complexity index is 430. The van der Waals surface area contributed by atoms with Gasteiger partial charge >= 0.3 is 0 Å². The Balaban J connectivity index is 1.71. The number of benzene rings is 1. The van der Waals surface area contributed by atoms with E-state index in [1.54, 1.807) is 0 Å². The molecule has 0 aliphatic carbocycles. The number of halogens is 1. The zero-order chi connectivity index (χ0) is 16.0. The summed E-state index contributed by atoms with van der Waals surface area (Å²) < 4.78 is 11.3. The Kier molecular flexibility index (Phi) is 6.73. The van der Waals surface area contributed by atoms with Gasteiger partial charge in [0.2, 0.25) is 0 Å². The van der Waals surface area contributed by atoms with Crippen molar-refractivity contribution in [3.63, 3.8) is 0 Å². The van der Waals surface area contributed by atoms with Gasteiger partial charge < -0.3 is 9.47 Å². The minimum atomic E-state index is 0.00796. The van der Waals surface area contributed by atoms with E-state index in [1.807, 2.05) is 0 Å². The zero-order valence-electron chi connectivity index (χ0n) is 14.1. The first-order valence-corrected chi connectivity index (χ1v) is 8.88. The first-order chi connectivity index (χ1) is 10.5. The van der Waals surface area contributed by atoms with E-state index < -0.39 is 0 Å². The normalized spacial score (nSPS) is 20.8. The fraction of sp³-hybridized carbons (Fsp3) is 0.684. The lowest BCUT2D eigenvalue weighted by atomic mass is 9.86. The minimum Gasteiger partial charge on any atom is -0.353 e. The van der Waals surface area contributed by atoms with Gasteiger partial charge in [-0.25, -0.2) is 0 Å². The molecule has 0 radical (unpaired) electrons. The van der Waals surface area contributed by atoms with Crippen LogP contribution >= 0.6 is 11.6 Å². The van der Waals surface area contributed by atoms with Crippen LogP contribution in [0.5, 0.6) is 0 Å². The molecule has 124 valence electrons. The summed E-state index contributed by atoms with van der Waals surface area (Å²) in [5, 5.41) is 0.0601. The van der Waals surface area contributed by atoms with Crippen molar-refractivity contribution in [2.24, 2.45) is 0 Å². The van der Waals surface area contributed by atoms with Crippen molar-refractivity contribution >= 4 is 11.6 Å². The molecule has 1 saturated heterocycles. The van der Waals surface area contributed by atoms with Crippen LogP contribution in [0.15, 0.2) is 24.3 Å². The van der Waals surface area contributed by atoms with Crippen LogP contribution in [0, 0.1) is 0 Å². The smallest absolute Gasteiger partial charge is 0.157 e. The summed E-state index contributed by atoms with van der Waals surface area (Å²) in [5.74, 6) is 0. The van der Waals surface area contributed by atoms with Crippen molar-refractivity contribution in [3.05, 3.63) is 35.4 Å². The molecule has 1 aliphatic rings. The molecule has 1 aromatic carbocycles. The molecule has 0 amide bonds. The van der Waals surface area contributed by atoms with Crippen LogP contribution in [0.25, 0.3) is 0 Å². The van der Waals surface area contributed by atoms with Gasteiger partial charge in [-0.1, -0.05) is 45.0 Å². The maximum Gasteiger partial charge on any atom is 0.157 e. The molecule has 1 heterocycles. The Labute approximate surface area is 140 Å². The fourth-order valence-electron chi connectivity index (χ4n) is 2.68. The molecule has 0 N–H and O–H groups in total. The molecule has 0 bridgehead atoms. The van der Waals surface area contributed by atoms with Crippen LogP contribution in [0.3, 0.4) is 0 Å². The molecule has 2 rings (SSSR count). The Hall–Kier alpha value is -0.570. The number of ether oxygens (including phenoxy) is 2. The molecule has 1 aromatic rings. The second-order valence-corrected chi connectivity index (χ2v) is 7.68. The number of hydrogen-bond acceptors (Lipinski definition) is 2. The topological polar surface area (TPSA) is 18.5 Å². The van der Waals surface area contributed by atoms with E-state index in [4.69, 9.17) is 21.1 Å². The van der Waals surface area contributed by atoms with E-state index in [-0.39, 0.29) is 17.1 Å². The summed E-state index contributed by atoms with van der Waals surface area (Å²) in [4.78, 5) is 0. The predicted molar refractivity (Wildman–Crippen MR) is 92.5 cm³/mol. The van der Waals surface area contributed by atoms with Gasteiger partial charge in [0.15, 0.2) is 6.29 Å². The highest BCUT2D eigenvalue weighted by Crippen LogP contribution is 2.29. The van der Waals surface area contributed by atoms with E-state index in [9.17, 15) is 0 Å². The van der Waals surface area contributed by atoms with Crippen LogP contribution in [-0.2, 0) is 14.9 Å². The van der Waals surface area contributed by atoms with Crippen LogP contribution in [0.2, 0.25) is 0 Å². The molecule has 2 atom stereocenters. The lowest BCUT2D eigenvalue weighted by Crippen LogP contribution is -2.22. The Morgan fingerprint density at radius 1 is 1.23 bits per heavy atom. The lowest BCUT2D eigenvalue weighted by molar-refractivity contribution is -0.162. The quantitative estimate of drug-likeness (QED) is 0.502. The number of rotatable bonds is 6. The zero-order valence-corrected chi connectivity index (χ0v) is 14.9. The van der Waals surface area contributed by atoms with Crippen LogP contribution in [0.1, 0.15) is 69.4 Å². The van der Waals surface area contributed by atoms with Crippen LogP contribution in [0.4, 0.5) is 0 Å². The maximum absolute atomic E-state index is 6.51. The highest BCUT2D eigenvalue weighted by molar-refractivity contribution is 6.20. The van der Waals surface area contributed by atoms with Gasteiger partial charge in [0, 0.05) is 13.2 Å². The van der Waals surface area contributed by atoms with E-state index in [1.165, 1.54) is 17.5 Å². The minimum absolute atomic E-state index is 0.00796. The van der Waals surface area contributed by atoms with Crippen molar-refractivity contribution in [2.45, 2.75) is 70.0 Å². The standard InChI is InChI=1S/C19H29ClO2/c1-19(2,3)16-11-9-15(10-12-16)17(20)7-6-14-22-18-8-4-5-13-21-18/h9-12,17-18H,4-8,13-14H2,1-3H3. The number of alkyl halides is 1. The first kappa shape index (κ1) is 17.8. The lowest BCUT2D eigenvalue weighted by Gasteiger charge is -2.23. The third kappa shape index (κ3) is 5.57. The molecule has 0 spiro atoms. The second-order valence-electron chi connectivity index (χ2n) is 7.15. The van der Waals surface area contributed by atoms with E-state index in [2.05, 4.69) is 45.0 Å². The summed E-state index contributed by atoms with van der Waals surface area (Å²) in [7, 11) is 0. The molecular weight excluding hydrogens is 296 g/mol. The van der Waals surface area contributed by atoms with Gasteiger partial charge in [0.1, 0.15) is 0 Å². The third-order valence-electron chi connectivity index (χ3n) is 4.18. The highest BCUT2D eigenvalue weighted by Gasteiger charge is 2.16. The molecule has 0 aromatic heterocycles. The second kappa shape index (κ2) is 8.33. The molecule has 1 aliphatic heterocycles. The largest absolute Gasteiger partial charge is 0.353 e. The molecule has 2 nitrogen and oxygen atoms in total. The van der Waals surface area contributed by atoms with Gasteiger partial charge in [-0.05, 0) is 48.6 Å². The van der Waals surface area contributed by atoms with Crippen molar-refractivity contribution < 1.29 is 9.47 Å². The predicted octanol–water partition coefficient (Wildman–Crippen LogP) is 5.59. The Morgan fingerprint density at radius 2 is 1.95 bits per heavy atom. The monoisotopic (exact) mass is 324 g/mol. The number of hydrogen-bond donors (Lipinski definition) is 0. The van der Waals surface area contributed by atoms with E-state index in [0.717, 1.165) is 38.9 Å². The fourth-order valence-corrected chi connectivity index (χ4v) is 2.98. The molecule has 0 saturated carbocycles. The average Bonchev–Trinajstić information content (AvgIpc) is 2.52. The summed E-state index contributed by atoms with van der Waals surface area (Å²) in [6.07, 6.45) is 5.31. The van der Waals surface area contributed by atoms with Gasteiger partial charge in [0.25, 0.3) is 0 Å². The molecule has 22 heavy (non-hydrogen) atoms. The van der Waals surface area contributed by atoms with Gasteiger partial charge in [-0.3, -0.25) is 0 Å². The maximum atomic E-state index is 6.51. The van der Waals surface area contributed by atoms with Gasteiger partial charge in [-0.15, -0.1) is 11.6 Å².